The Balaban J connectivity index is 1.45. The molecule has 5 aromatic carbocycles. The Labute approximate surface area is 198 Å². The second-order valence-corrected chi connectivity index (χ2v) is 8.50. The fraction of sp³-hybridized carbons (Fsp3) is 0.0645. The van der Waals surface area contributed by atoms with Crippen molar-refractivity contribution in [2.75, 3.05) is 7.11 Å². The molecule has 0 aliphatic rings. The Morgan fingerprint density at radius 3 is 2.15 bits per heavy atom. The molecular formula is C31H24N2O. The summed E-state index contributed by atoms with van der Waals surface area (Å²) in [4.78, 5) is 5.04. The van der Waals surface area contributed by atoms with Gasteiger partial charge in [-0.25, -0.2) is 4.98 Å². The molecule has 1 heterocycles. The molecule has 0 bridgehead atoms. The Bertz CT molecular complexity index is 1600. The van der Waals surface area contributed by atoms with Gasteiger partial charge in [0.15, 0.2) is 0 Å². The lowest BCUT2D eigenvalue weighted by Crippen LogP contribution is -2.02. The van der Waals surface area contributed by atoms with Crippen LogP contribution in [0.15, 0.2) is 115 Å². The number of hydrogen-bond acceptors (Lipinski definition) is 2. The van der Waals surface area contributed by atoms with Gasteiger partial charge in [0.25, 0.3) is 0 Å². The zero-order valence-corrected chi connectivity index (χ0v) is 19.0. The summed E-state index contributed by atoms with van der Waals surface area (Å²) in [7, 11) is 1.69. The van der Waals surface area contributed by atoms with Gasteiger partial charge in [-0.05, 0) is 45.7 Å². The van der Waals surface area contributed by atoms with Crippen molar-refractivity contribution < 1.29 is 4.74 Å². The van der Waals surface area contributed by atoms with Gasteiger partial charge in [0, 0.05) is 18.2 Å². The monoisotopic (exact) mass is 440 g/mol. The summed E-state index contributed by atoms with van der Waals surface area (Å²) in [6.07, 6.45) is 0. The molecule has 0 saturated carbocycles. The first kappa shape index (κ1) is 20.3. The first-order chi connectivity index (χ1) is 16.8. The van der Waals surface area contributed by atoms with Crippen LogP contribution in [0, 0.1) is 0 Å². The third kappa shape index (κ3) is 3.71. The number of rotatable bonds is 5. The fourth-order valence-electron chi connectivity index (χ4n) is 4.58. The van der Waals surface area contributed by atoms with E-state index in [4.69, 9.17) is 9.72 Å². The number of methoxy groups -OCH3 is 1. The number of aromatic nitrogens is 2. The van der Waals surface area contributed by atoms with Crippen LogP contribution in [-0.2, 0) is 6.54 Å². The summed E-state index contributed by atoms with van der Waals surface area (Å²) in [5.74, 6) is 1.77. The highest BCUT2D eigenvalue weighted by molar-refractivity contribution is 5.84. The molecule has 0 amide bonds. The van der Waals surface area contributed by atoms with Crippen molar-refractivity contribution in [2.24, 2.45) is 0 Å². The number of hydrogen-bond donors (Lipinski definition) is 0. The van der Waals surface area contributed by atoms with E-state index < -0.39 is 0 Å². The Morgan fingerprint density at radius 1 is 0.647 bits per heavy atom. The number of imidazole rings is 1. The molecule has 6 rings (SSSR count). The molecule has 34 heavy (non-hydrogen) atoms. The zero-order valence-electron chi connectivity index (χ0n) is 19.0. The molecule has 0 N–H and O–H groups in total. The van der Waals surface area contributed by atoms with E-state index in [1.165, 1.54) is 27.5 Å². The van der Waals surface area contributed by atoms with Gasteiger partial charge in [-0.1, -0.05) is 91.0 Å². The lowest BCUT2D eigenvalue weighted by molar-refractivity contribution is 0.415. The summed E-state index contributed by atoms with van der Waals surface area (Å²) >= 11 is 0. The van der Waals surface area contributed by atoms with Crippen LogP contribution in [-0.4, -0.2) is 16.7 Å². The highest BCUT2D eigenvalue weighted by atomic mass is 16.5. The molecule has 0 aliphatic carbocycles. The topological polar surface area (TPSA) is 27.1 Å². The predicted molar refractivity (Wildman–Crippen MR) is 140 cm³/mol. The standard InChI is InChI=1S/C31H24N2O/c1-34-28-17-18-30-29(20-28)32-31(26-15-13-25(14-16-26)23-7-3-2-4-8-23)33(30)21-22-11-12-24-9-5-6-10-27(24)19-22/h2-20H,21H2,1H3. The molecule has 0 aliphatic heterocycles. The van der Waals surface area contributed by atoms with Crippen molar-refractivity contribution in [1.82, 2.24) is 9.55 Å². The van der Waals surface area contributed by atoms with Crippen molar-refractivity contribution >= 4 is 21.8 Å². The molecular weight excluding hydrogens is 416 g/mol. The first-order valence-electron chi connectivity index (χ1n) is 11.5. The minimum Gasteiger partial charge on any atom is -0.497 e. The second-order valence-electron chi connectivity index (χ2n) is 8.50. The summed E-state index contributed by atoms with van der Waals surface area (Å²) in [6, 6.07) is 40.4. The van der Waals surface area contributed by atoms with E-state index in [0.717, 1.165) is 34.7 Å². The minimum absolute atomic E-state index is 0.740. The maximum atomic E-state index is 5.46. The van der Waals surface area contributed by atoms with Crippen LogP contribution in [0.2, 0.25) is 0 Å². The van der Waals surface area contributed by atoms with Crippen LogP contribution < -0.4 is 4.74 Å². The number of nitrogens with zero attached hydrogens (tertiary/aromatic N) is 2. The van der Waals surface area contributed by atoms with Gasteiger partial charge in [-0.3, -0.25) is 0 Å². The third-order valence-electron chi connectivity index (χ3n) is 6.36. The molecule has 0 fully saturated rings. The van der Waals surface area contributed by atoms with E-state index in [1.54, 1.807) is 7.11 Å². The van der Waals surface area contributed by atoms with Crippen molar-refractivity contribution in [3.8, 4) is 28.3 Å². The van der Waals surface area contributed by atoms with E-state index in [1.807, 2.05) is 18.2 Å². The van der Waals surface area contributed by atoms with Crippen molar-refractivity contribution in [2.45, 2.75) is 6.54 Å². The predicted octanol–water partition coefficient (Wildman–Crippen LogP) is 7.58. The molecule has 3 nitrogen and oxygen atoms in total. The van der Waals surface area contributed by atoms with Gasteiger partial charge in [-0.2, -0.15) is 0 Å². The van der Waals surface area contributed by atoms with Crippen LogP contribution in [0.1, 0.15) is 5.56 Å². The average Bonchev–Trinajstić information content (AvgIpc) is 3.26. The van der Waals surface area contributed by atoms with Crippen LogP contribution >= 0.6 is 0 Å². The zero-order chi connectivity index (χ0) is 22.9. The van der Waals surface area contributed by atoms with E-state index in [-0.39, 0.29) is 0 Å². The van der Waals surface area contributed by atoms with Crippen molar-refractivity contribution in [3.05, 3.63) is 121 Å². The second kappa shape index (κ2) is 8.53. The van der Waals surface area contributed by atoms with E-state index in [9.17, 15) is 0 Å². The summed E-state index contributed by atoms with van der Waals surface area (Å²) in [5.41, 5.74) is 6.77. The number of ether oxygens (including phenoxy) is 1. The number of fused-ring (bicyclic) bond motifs is 2. The Morgan fingerprint density at radius 2 is 1.35 bits per heavy atom. The largest absolute Gasteiger partial charge is 0.497 e. The van der Waals surface area contributed by atoms with Crippen LogP contribution in [0.4, 0.5) is 0 Å². The molecule has 0 spiro atoms. The van der Waals surface area contributed by atoms with E-state index in [2.05, 4.69) is 102 Å². The molecule has 0 atom stereocenters. The molecule has 0 saturated heterocycles. The lowest BCUT2D eigenvalue weighted by atomic mass is 10.0. The van der Waals surface area contributed by atoms with Gasteiger partial charge < -0.3 is 9.30 Å². The first-order valence-corrected chi connectivity index (χ1v) is 11.5. The van der Waals surface area contributed by atoms with Crippen LogP contribution in [0.5, 0.6) is 5.75 Å². The normalized spacial score (nSPS) is 11.2. The highest BCUT2D eigenvalue weighted by Gasteiger charge is 2.14. The van der Waals surface area contributed by atoms with Crippen LogP contribution in [0.3, 0.4) is 0 Å². The number of benzene rings is 5. The lowest BCUT2D eigenvalue weighted by Gasteiger charge is -2.11. The van der Waals surface area contributed by atoms with Gasteiger partial charge in [0.05, 0.1) is 18.1 Å². The summed E-state index contributed by atoms with van der Waals surface area (Å²) < 4.78 is 7.76. The molecule has 0 unspecified atom stereocenters. The van der Waals surface area contributed by atoms with E-state index >= 15 is 0 Å². The Kier molecular flexibility index (Phi) is 5.08. The van der Waals surface area contributed by atoms with Gasteiger partial charge in [0.2, 0.25) is 0 Å². The van der Waals surface area contributed by atoms with Crippen LogP contribution in [0.25, 0.3) is 44.3 Å². The van der Waals surface area contributed by atoms with Crippen molar-refractivity contribution in [3.63, 3.8) is 0 Å². The van der Waals surface area contributed by atoms with Gasteiger partial charge >= 0.3 is 0 Å². The molecule has 1 aromatic heterocycles. The smallest absolute Gasteiger partial charge is 0.141 e. The van der Waals surface area contributed by atoms with Gasteiger partial charge in [-0.15, -0.1) is 0 Å². The summed E-state index contributed by atoms with van der Waals surface area (Å²) in [5, 5.41) is 2.50. The van der Waals surface area contributed by atoms with Crippen molar-refractivity contribution in [1.29, 1.82) is 0 Å². The minimum atomic E-state index is 0.740. The maximum absolute atomic E-state index is 5.46. The molecule has 164 valence electrons. The highest BCUT2D eigenvalue weighted by Crippen LogP contribution is 2.30. The average molecular weight is 441 g/mol. The Hall–Kier alpha value is -4.37. The molecule has 6 aromatic rings. The quantitative estimate of drug-likeness (QED) is 0.276. The van der Waals surface area contributed by atoms with Gasteiger partial charge in [0.1, 0.15) is 11.6 Å². The molecule has 3 heteroatoms. The van der Waals surface area contributed by atoms with E-state index in [0.29, 0.717) is 0 Å². The maximum Gasteiger partial charge on any atom is 0.141 e. The molecule has 0 radical (unpaired) electrons. The summed E-state index contributed by atoms with van der Waals surface area (Å²) in [6.45, 7) is 0.740. The SMILES string of the molecule is COc1ccc2c(c1)nc(-c1ccc(-c3ccccc3)cc1)n2Cc1ccc2ccccc2c1. The fourth-order valence-corrected chi connectivity index (χ4v) is 4.58. The third-order valence-corrected chi connectivity index (χ3v) is 6.36.